The fraction of sp³-hybridized carbons (Fsp3) is 0.556. The first-order valence-corrected chi connectivity index (χ1v) is 3.60. The number of allylic oxidation sites excluding steroid dienone is 4. The molecule has 50 valence electrons. The van der Waals surface area contributed by atoms with Crippen molar-refractivity contribution in [1.29, 1.82) is 0 Å². The summed E-state index contributed by atoms with van der Waals surface area (Å²) in [7, 11) is 0. The molecule has 0 aliphatic heterocycles. The standard InChI is InChI=1S/C9H14/c1-4-9-6-7(2)5-8(9)3/h5-6,9H,4H2,1-3H3. The molecule has 0 radical (unpaired) electrons. The summed E-state index contributed by atoms with van der Waals surface area (Å²) >= 11 is 0. The van der Waals surface area contributed by atoms with E-state index in [0.717, 1.165) is 5.92 Å². The zero-order chi connectivity index (χ0) is 6.85. The van der Waals surface area contributed by atoms with E-state index >= 15 is 0 Å². The minimum Gasteiger partial charge on any atom is -0.0744 e. The predicted molar refractivity (Wildman–Crippen MR) is 41.3 cm³/mol. The van der Waals surface area contributed by atoms with Crippen LogP contribution in [-0.4, -0.2) is 0 Å². The molecule has 0 N–H and O–H groups in total. The second-order valence-electron chi connectivity index (χ2n) is 2.81. The van der Waals surface area contributed by atoms with Gasteiger partial charge in [0.1, 0.15) is 0 Å². The van der Waals surface area contributed by atoms with E-state index in [2.05, 4.69) is 32.9 Å². The predicted octanol–water partition coefficient (Wildman–Crippen LogP) is 2.92. The van der Waals surface area contributed by atoms with Crippen molar-refractivity contribution < 1.29 is 0 Å². The summed E-state index contributed by atoms with van der Waals surface area (Å²) in [5.74, 6) is 0.741. The minimum atomic E-state index is 0.741. The quantitative estimate of drug-likeness (QED) is 0.501. The van der Waals surface area contributed by atoms with E-state index in [0.29, 0.717) is 0 Å². The molecular formula is C9H14. The molecule has 9 heavy (non-hydrogen) atoms. The molecule has 1 atom stereocenters. The molecule has 0 heterocycles. The van der Waals surface area contributed by atoms with Crippen molar-refractivity contribution in [3.8, 4) is 0 Å². The Morgan fingerprint density at radius 1 is 1.44 bits per heavy atom. The van der Waals surface area contributed by atoms with E-state index in [-0.39, 0.29) is 0 Å². The molecule has 1 aliphatic rings. The van der Waals surface area contributed by atoms with Crippen molar-refractivity contribution in [3.63, 3.8) is 0 Å². The SMILES string of the molecule is CCC1C=C(C)C=C1C. The first-order chi connectivity index (χ1) is 4.24. The highest BCUT2D eigenvalue weighted by Gasteiger charge is 2.09. The third-order valence-corrected chi connectivity index (χ3v) is 1.94. The van der Waals surface area contributed by atoms with E-state index in [1.54, 1.807) is 0 Å². The molecule has 1 unspecified atom stereocenters. The van der Waals surface area contributed by atoms with Crippen LogP contribution in [0.4, 0.5) is 0 Å². The van der Waals surface area contributed by atoms with Gasteiger partial charge in [-0.05, 0) is 26.2 Å². The van der Waals surface area contributed by atoms with E-state index in [1.807, 2.05) is 0 Å². The summed E-state index contributed by atoms with van der Waals surface area (Å²) in [5, 5.41) is 0. The second-order valence-corrected chi connectivity index (χ2v) is 2.81. The highest BCUT2D eigenvalue weighted by atomic mass is 14.1. The molecule has 1 aliphatic carbocycles. The summed E-state index contributed by atoms with van der Waals surface area (Å²) in [4.78, 5) is 0. The Hall–Kier alpha value is -0.520. The second kappa shape index (κ2) is 2.38. The van der Waals surface area contributed by atoms with Gasteiger partial charge in [0.25, 0.3) is 0 Å². The van der Waals surface area contributed by atoms with Crippen LogP contribution in [0, 0.1) is 5.92 Å². The summed E-state index contributed by atoms with van der Waals surface area (Å²) in [6.45, 7) is 6.61. The molecule has 0 aromatic heterocycles. The van der Waals surface area contributed by atoms with Crippen LogP contribution in [0.25, 0.3) is 0 Å². The fourth-order valence-electron chi connectivity index (χ4n) is 1.40. The molecule has 0 saturated heterocycles. The van der Waals surface area contributed by atoms with Crippen LogP contribution in [0.2, 0.25) is 0 Å². The smallest absolute Gasteiger partial charge is 0.00197 e. The lowest BCUT2D eigenvalue weighted by atomic mass is 10.0. The highest BCUT2D eigenvalue weighted by Crippen LogP contribution is 2.25. The van der Waals surface area contributed by atoms with Crippen molar-refractivity contribution in [2.75, 3.05) is 0 Å². The van der Waals surface area contributed by atoms with Crippen LogP contribution in [0.1, 0.15) is 27.2 Å². The number of hydrogen-bond donors (Lipinski definition) is 0. The monoisotopic (exact) mass is 122 g/mol. The normalized spacial score (nSPS) is 25.9. The van der Waals surface area contributed by atoms with Gasteiger partial charge in [0.15, 0.2) is 0 Å². The molecule has 0 aromatic carbocycles. The van der Waals surface area contributed by atoms with Gasteiger partial charge in [0.2, 0.25) is 0 Å². The lowest BCUT2D eigenvalue weighted by Gasteiger charge is -2.03. The van der Waals surface area contributed by atoms with Crippen LogP contribution >= 0.6 is 0 Å². The van der Waals surface area contributed by atoms with Crippen molar-refractivity contribution >= 4 is 0 Å². The zero-order valence-corrected chi connectivity index (χ0v) is 6.44. The Balaban J connectivity index is 2.70. The molecule has 0 aromatic rings. The summed E-state index contributed by atoms with van der Waals surface area (Å²) in [6, 6.07) is 0. The van der Waals surface area contributed by atoms with Crippen molar-refractivity contribution in [2.24, 2.45) is 5.92 Å². The molecule has 0 bridgehead atoms. The van der Waals surface area contributed by atoms with Crippen molar-refractivity contribution in [1.82, 2.24) is 0 Å². The number of hydrogen-bond acceptors (Lipinski definition) is 0. The molecule has 0 heteroatoms. The van der Waals surface area contributed by atoms with Crippen LogP contribution in [0.3, 0.4) is 0 Å². The van der Waals surface area contributed by atoms with Crippen molar-refractivity contribution in [3.05, 3.63) is 23.3 Å². The van der Waals surface area contributed by atoms with Gasteiger partial charge in [0.05, 0.1) is 0 Å². The molecule has 0 nitrogen and oxygen atoms in total. The number of rotatable bonds is 1. The van der Waals surface area contributed by atoms with Gasteiger partial charge in [0, 0.05) is 0 Å². The Kier molecular flexibility index (Phi) is 1.75. The van der Waals surface area contributed by atoms with Gasteiger partial charge in [-0.15, -0.1) is 0 Å². The molecule has 0 spiro atoms. The molecule has 0 amide bonds. The largest absolute Gasteiger partial charge is 0.0744 e. The van der Waals surface area contributed by atoms with Gasteiger partial charge in [-0.3, -0.25) is 0 Å². The third kappa shape index (κ3) is 1.24. The lowest BCUT2D eigenvalue weighted by molar-refractivity contribution is 0.738. The maximum atomic E-state index is 2.34. The van der Waals surface area contributed by atoms with Crippen molar-refractivity contribution in [2.45, 2.75) is 27.2 Å². The summed E-state index contributed by atoms with van der Waals surface area (Å²) in [6.07, 6.45) is 5.86. The molecule has 1 rings (SSSR count). The molecule has 0 fully saturated rings. The fourth-order valence-corrected chi connectivity index (χ4v) is 1.40. The van der Waals surface area contributed by atoms with Crippen LogP contribution < -0.4 is 0 Å². The topological polar surface area (TPSA) is 0 Å². The zero-order valence-electron chi connectivity index (χ0n) is 6.44. The maximum absolute atomic E-state index is 2.34. The highest BCUT2D eigenvalue weighted by molar-refractivity contribution is 5.32. The van der Waals surface area contributed by atoms with Gasteiger partial charge in [-0.1, -0.05) is 30.2 Å². The van der Waals surface area contributed by atoms with Gasteiger partial charge in [-0.25, -0.2) is 0 Å². The summed E-state index contributed by atoms with van der Waals surface area (Å²) < 4.78 is 0. The average molecular weight is 122 g/mol. The van der Waals surface area contributed by atoms with Crippen LogP contribution in [0.5, 0.6) is 0 Å². The van der Waals surface area contributed by atoms with Crippen LogP contribution in [0.15, 0.2) is 23.3 Å². The third-order valence-electron chi connectivity index (χ3n) is 1.94. The van der Waals surface area contributed by atoms with E-state index in [9.17, 15) is 0 Å². The average Bonchev–Trinajstić information content (AvgIpc) is 2.10. The van der Waals surface area contributed by atoms with Crippen LogP contribution in [-0.2, 0) is 0 Å². The van der Waals surface area contributed by atoms with E-state index in [4.69, 9.17) is 0 Å². The maximum Gasteiger partial charge on any atom is -0.00197 e. The Morgan fingerprint density at radius 2 is 2.11 bits per heavy atom. The van der Waals surface area contributed by atoms with Gasteiger partial charge in [-0.2, -0.15) is 0 Å². The first-order valence-electron chi connectivity index (χ1n) is 3.60. The molecular weight excluding hydrogens is 108 g/mol. The lowest BCUT2D eigenvalue weighted by Crippen LogP contribution is -1.90. The Bertz CT molecular complexity index is 161. The van der Waals surface area contributed by atoms with E-state index in [1.165, 1.54) is 17.6 Å². The van der Waals surface area contributed by atoms with E-state index < -0.39 is 0 Å². The first kappa shape index (κ1) is 6.60. The Morgan fingerprint density at radius 3 is 2.33 bits per heavy atom. The van der Waals surface area contributed by atoms with Gasteiger partial charge < -0.3 is 0 Å². The Labute approximate surface area is 57.3 Å². The van der Waals surface area contributed by atoms with Gasteiger partial charge >= 0.3 is 0 Å². The summed E-state index contributed by atoms with van der Waals surface area (Å²) in [5.41, 5.74) is 2.95. The molecule has 0 saturated carbocycles. The minimum absolute atomic E-state index is 0.741.